The highest BCUT2D eigenvalue weighted by Gasteiger charge is 2.57. The number of amides is 4. The van der Waals surface area contributed by atoms with Crippen molar-refractivity contribution in [3.8, 4) is 23.1 Å². The summed E-state index contributed by atoms with van der Waals surface area (Å²) in [6.45, 7) is -0.388. The number of fused-ring (bicyclic) bond motifs is 2. The van der Waals surface area contributed by atoms with Gasteiger partial charge in [-0.05, 0) is 95.0 Å². The molecule has 0 aliphatic carbocycles. The van der Waals surface area contributed by atoms with Crippen molar-refractivity contribution in [1.82, 2.24) is 56.0 Å². The van der Waals surface area contributed by atoms with Crippen LogP contribution in [0.4, 0.5) is 59.4 Å². The number of carbonyl (C=O) groups excluding carboxylic acids is 5. The van der Waals surface area contributed by atoms with Crippen LogP contribution in [0.1, 0.15) is 79.8 Å². The number of halogens is 10. The molecule has 0 radical (unpaired) electrons. The van der Waals surface area contributed by atoms with E-state index in [1.807, 2.05) is 5.32 Å². The van der Waals surface area contributed by atoms with Crippen LogP contribution in [-0.4, -0.2) is 166 Å². The monoisotopic (exact) mass is 1260 g/mol. The van der Waals surface area contributed by atoms with Gasteiger partial charge >= 0.3 is 37.1 Å². The topological polar surface area (TPSA) is 237 Å². The minimum atomic E-state index is -5.29. The van der Waals surface area contributed by atoms with Crippen molar-refractivity contribution in [3.05, 3.63) is 125 Å². The first-order valence-corrected chi connectivity index (χ1v) is 27.6. The molecule has 478 valence electrons. The number of alkyl carbamates (subject to hydrolysis) is 2. The summed E-state index contributed by atoms with van der Waals surface area (Å²) in [5.74, 6) is -1.07. The molecule has 21 nitrogen and oxygen atoms in total. The van der Waals surface area contributed by atoms with Gasteiger partial charge in [-0.3, -0.25) is 19.9 Å². The number of methoxy groups -OCH3 is 2. The van der Waals surface area contributed by atoms with Gasteiger partial charge in [0.25, 0.3) is 5.91 Å². The molecule has 3 aliphatic heterocycles. The number of nitrogens with one attached hydrogen (secondary N) is 4. The van der Waals surface area contributed by atoms with E-state index in [0.29, 0.717) is 80.0 Å². The number of alkyl halides is 8. The van der Waals surface area contributed by atoms with E-state index in [1.54, 1.807) is 17.7 Å². The van der Waals surface area contributed by atoms with Crippen LogP contribution in [0.15, 0.2) is 85.5 Å². The molecule has 3 aliphatic rings. The second kappa shape index (κ2) is 27.4. The van der Waals surface area contributed by atoms with E-state index < -0.39 is 126 Å². The number of rotatable bonds is 21. The largest absolute Gasteiger partial charge is 0.454 e. The standard InChI is InChI=1S/C58H62F10N12O9/c1-55(2,57(63,64)65)46(73-53(84)86-5)48(81)72-44(21-33-13-10-32(11-14-33)12-15-34-24-70-52(71-25-34)77-26-36-16-17-37(27-77)80(36)38-30-88-31-38)45(89-50(83)43-9-7-8-19-69-43)29-78(76-49(82)47(74-54(85)87-6)56(3,4)58(66,67)68)28-39-40(59)22-35(23-41(39)60)42-18-20-79(75-42)51(61)62/h7-11,13-14,18-20,22-25,36-38,44-47,51H,16-17,21,26-31H2,1-6H3,(H,72,81)(H,73,84)(H,74,85)(H,76,82). The van der Waals surface area contributed by atoms with E-state index in [1.165, 1.54) is 36.4 Å². The van der Waals surface area contributed by atoms with E-state index in [-0.39, 0.29) is 21.5 Å². The number of carbonyl (C=O) groups is 5. The normalized spacial score (nSPS) is 17.8. The molecule has 6 heterocycles. The van der Waals surface area contributed by atoms with E-state index >= 15 is 8.78 Å². The lowest BCUT2D eigenvalue weighted by Gasteiger charge is -2.47. The SMILES string of the molecule is COC(=O)NC(C(=O)NC(Cc1ccc(C#Cc2cnc(N3CC4CCC(C3)N4C3COC3)nc2)cc1)C(CN(Cc1c(F)cc(-c2ccn(C(F)F)n2)cc1F)NC(=O)C(NC(=O)OC)C(C)(C)C(F)(F)F)OC(=O)c1ccccn1)C(C)(C)C(F)(F)F. The maximum absolute atomic E-state index is 16.4. The van der Waals surface area contributed by atoms with Gasteiger partial charge in [-0.2, -0.15) is 40.2 Å². The molecule has 3 fully saturated rings. The molecule has 3 aromatic heterocycles. The van der Waals surface area contributed by atoms with Gasteiger partial charge in [-0.25, -0.2) is 47.8 Å². The summed E-state index contributed by atoms with van der Waals surface area (Å²) in [7, 11) is 1.58. The number of piperazine rings is 1. The Morgan fingerprint density at radius 3 is 1.82 bits per heavy atom. The molecule has 6 unspecified atom stereocenters. The Kier molecular flexibility index (Phi) is 20.4. The number of ether oxygens (including phenoxy) is 4. The van der Waals surface area contributed by atoms with Crippen LogP contribution in [0.25, 0.3) is 11.3 Å². The van der Waals surface area contributed by atoms with Crippen LogP contribution in [0.5, 0.6) is 0 Å². The number of aromatic nitrogens is 5. The molecule has 5 aromatic rings. The van der Waals surface area contributed by atoms with Crippen molar-refractivity contribution in [1.29, 1.82) is 0 Å². The Morgan fingerprint density at radius 1 is 0.742 bits per heavy atom. The van der Waals surface area contributed by atoms with Gasteiger partial charge in [-0.1, -0.05) is 30.0 Å². The number of hydrogen-bond acceptors (Lipinski definition) is 16. The summed E-state index contributed by atoms with van der Waals surface area (Å²) < 4.78 is 170. The number of anilines is 1. The molecule has 2 aromatic carbocycles. The van der Waals surface area contributed by atoms with E-state index in [4.69, 9.17) is 9.47 Å². The molecule has 3 saturated heterocycles. The first-order valence-electron chi connectivity index (χ1n) is 27.6. The Morgan fingerprint density at radius 2 is 1.31 bits per heavy atom. The van der Waals surface area contributed by atoms with Crippen LogP contribution >= 0.6 is 0 Å². The fourth-order valence-corrected chi connectivity index (χ4v) is 10.3. The van der Waals surface area contributed by atoms with Gasteiger partial charge in [0.1, 0.15) is 35.5 Å². The number of hydrogen-bond donors (Lipinski definition) is 4. The highest BCUT2D eigenvalue weighted by molar-refractivity contribution is 5.89. The van der Waals surface area contributed by atoms with Gasteiger partial charge in [-0.15, -0.1) is 0 Å². The lowest BCUT2D eigenvalue weighted by Crippen LogP contribution is -2.64. The third-order valence-electron chi connectivity index (χ3n) is 15.8. The highest BCUT2D eigenvalue weighted by atomic mass is 19.4. The minimum absolute atomic E-state index is 0.188. The van der Waals surface area contributed by atoms with Gasteiger partial charge < -0.3 is 39.8 Å². The van der Waals surface area contributed by atoms with E-state index in [9.17, 15) is 59.1 Å². The molecule has 2 bridgehead atoms. The van der Waals surface area contributed by atoms with Crippen molar-refractivity contribution >= 4 is 35.9 Å². The molecule has 4 amide bonds. The van der Waals surface area contributed by atoms with Crippen LogP contribution in [0.2, 0.25) is 0 Å². The van der Waals surface area contributed by atoms with Crippen molar-refractivity contribution in [3.63, 3.8) is 0 Å². The summed E-state index contributed by atoms with van der Waals surface area (Å²) in [6.07, 6.45) is -8.98. The van der Waals surface area contributed by atoms with Crippen molar-refractivity contribution in [2.24, 2.45) is 10.8 Å². The molecule has 0 spiro atoms. The van der Waals surface area contributed by atoms with Crippen molar-refractivity contribution < 1.29 is 86.8 Å². The summed E-state index contributed by atoms with van der Waals surface area (Å²) >= 11 is 0. The quantitative estimate of drug-likeness (QED) is 0.0186. The first-order chi connectivity index (χ1) is 42.0. The zero-order chi connectivity index (χ0) is 64.8. The zero-order valence-corrected chi connectivity index (χ0v) is 48.6. The second-order valence-corrected chi connectivity index (χ2v) is 22.4. The van der Waals surface area contributed by atoms with Crippen LogP contribution in [0.3, 0.4) is 0 Å². The predicted octanol–water partition coefficient (Wildman–Crippen LogP) is 7.27. The maximum atomic E-state index is 16.4. The molecule has 89 heavy (non-hydrogen) atoms. The first kappa shape index (κ1) is 66.3. The molecular formula is C58H62F10N12O9. The average molecular weight is 1260 g/mol. The highest BCUT2D eigenvalue weighted by Crippen LogP contribution is 2.42. The Bertz CT molecular complexity index is 3360. The number of benzene rings is 2. The van der Waals surface area contributed by atoms with Crippen LogP contribution < -0.4 is 26.3 Å². The van der Waals surface area contributed by atoms with Crippen molar-refractivity contribution in [2.45, 2.75) is 115 Å². The van der Waals surface area contributed by atoms with Gasteiger partial charge in [0, 0.05) is 73.2 Å². The lowest BCUT2D eigenvalue weighted by atomic mass is 9.82. The number of esters is 1. The number of pyridine rings is 1. The van der Waals surface area contributed by atoms with Gasteiger partial charge in [0.2, 0.25) is 11.9 Å². The summed E-state index contributed by atoms with van der Waals surface area (Å²) in [5.41, 5.74) is -5.30. The van der Waals surface area contributed by atoms with Crippen molar-refractivity contribution in [2.75, 3.05) is 52.0 Å². The molecule has 31 heteroatoms. The summed E-state index contributed by atoms with van der Waals surface area (Å²) in [6, 6.07) is 6.25. The third-order valence-corrected chi connectivity index (χ3v) is 15.8. The van der Waals surface area contributed by atoms with E-state index in [0.717, 1.165) is 77.9 Å². The summed E-state index contributed by atoms with van der Waals surface area (Å²) in [4.78, 5) is 86.3. The maximum Gasteiger partial charge on any atom is 0.407 e. The van der Waals surface area contributed by atoms with Gasteiger partial charge in [0.05, 0.1) is 68.1 Å². The lowest BCUT2D eigenvalue weighted by molar-refractivity contribution is -0.221. The fraction of sp³-hybridized carbons (Fsp3) is 0.466. The number of nitrogens with zero attached hydrogens (tertiary/aromatic N) is 8. The third kappa shape index (κ3) is 15.6. The Labute approximate surface area is 503 Å². The average Bonchev–Trinajstić information content (AvgIpc) is 1.82. The molecule has 4 N–H and O–H groups in total. The van der Waals surface area contributed by atoms with E-state index in [2.05, 4.69) is 61.9 Å². The van der Waals surface area contributed by atoms with Crippen LogP contribution in [0, 0.1) is 34.3 Å². The molecular weight excluding hydrogens is 1200 g/mol. The number of hydrazine groups is 1. The Balaban J connectivity index is 1.17. The second-order valence-electron chi connectivity index (χ2n) is 22.4. The molecule has 0 saturated carbocycles. The molecule has 6 atom stereocenters. The predicted molar refractivity (Wildman–Crippen MR) is 295 cm³/mol. The van der Waals surface area contributed by atoms with Crippen LogP contribution in [-0.2, 0) is 41.5 Å². The minimum Gasteiger partial charge on any atom is -0.454 e. The summed E-state index contributed by atoms with van der Waals surface area (Å²) in [5, 5.41) is 10.2. The zero-order valence-electron chi connectivity index (χ0n) is 48.6. The fourth-order valence-electron chi connectivity index (χ4n) is 10.3. The van der Waals surface area contributed by atoms with Gasteiger partial charge in [0.15, 0.2) is 0 Å². The molecule has 8 rings (SSSR count). The smallest absolute Gasteiger partial charge is 0.407 e. The Hall–Kier alpha value is -8.63.